The summed E-state index contributed by atoms with van der Waals surface area (Å²) in [6.07, 6.45) is 0.630. The van der Waals surface area contributed by atoms with Gasteiger partial charge in [0.1, 0.15) is 29.0 Å². The van der Waals surface area contributed by atoms with E-state index in [2.05, 4.69) is 5.32 Å². The van der Waals surface area contributed by atoms with Crippen molar-refractivity contribution in [2.75, 3.05) is 11.4 Å². The van der Waals surface area contributed by atoms with Crippen LogP contribution >= 0.6 is 0 Å². The number of ketones is 1. The number of rotatable bonds is 4. The quantitative estimate of drug-likeness (QED) is 0.845. The van der Waals surface area contributed by atoms with Crippen molar-refractivity contribution in [3.63, 3.8) is 0 Å². The Bertz CT molecular complexity index is 907. The monoisotopic (exact) mass is 364 g/mol. The Kier molecular flexibility index (Phi) is 4.75. The lowest BCUT2D eigenvalue weighted by Gasteiger charge is -2.26. The minimum absolute atomic E-state index is 0.0241. The average Bonchev–Trinajstić information content (AvgIpc) is 2.58. The molecule has 134 valence electrons. The molecule has 1 heterocycles. The average molecular weight is 364 g/mol. The third-order valence-electron chi connectivity index (χ3n) is 3.84. The van der Waals surface area contributed by atoms with Crippen molar-refractivity contribution < 1.29 is 27.2 Å². The van der Waals surface area contributed by atoms with E-state index in [4.69, 9.17) is 0 Å². The van der Waals surface area contributed by atoms with Crippen LogP contribution in [0.25, 0.3) is 0 Å². The Morgan fingerprint density at radius 2 is 1.73 bits per heavy atom. The number of urea groups is 1. The van der Waals surface area contributed by atoms with E-state index in [9.17, 15) is 27.2 Å². The first-order chi connectivity index (χ1) is 12.4. The van der Waals surface area contributed by atoms with Crippen LogP contribution in [0.15, 0.2) is 48.2 Å². The summed E-state index contributed by atoms with van der Waals surface area (Å²) in [5.41, 5.74) is -0.628. The summed E-state index contributed by atoms with van der Waals surface area (Å²) in [7, 11) is 0. The maximum Gasteiger partial charge on any atom is 0.326 e. The lowest BCUT2D eigenvalue weighted by Crippen LogP contribution is -2.44. The van der Waals surface area contributed by atoms with Gasteiger partial charge in [-0.3, -0.25) is 9.69 Å². The zero-order chi connectivity index (χ0) is 18.8. The summed E-state index contributed by atoms with van der Waals surface area (Å²) in [5.74, 6) is -4.18. The Labute approximate surface area is 145 Å². The number of nitrogens with zero attached hydrogens (tertiary/aromatic N) is 1. The molecule has 0 aromatic heterocycles. The van der Waals surface area contributed by atoms with Crippen molar-refractivity contribution in [1.82, 2.24) is 5.32 Å². The second kappa shape index (κ2) is 6.99. The first-order valence-corrected chi connectivity index (χ1v) is 7.55. The van der Waals surface area contributed by atoms with Crippen LogP contribution in [0, 0.1) is 23.3 Å². The minimum atomic E-state index is -0.977. The smallest absolute Gasteiger partial charge is 0.326 e. The maximum absolute atomic E-state index is 13.9. The van der Waals surface area contributed by atoms with Gasteiger partial charge in [-0.25, -0.2) is 22.4 Å². The van der Waals surface area contributed by atoms with Crippen LogP contribution in [0.2, 0.25) is 0 Å². The second-order valence-electron chi connectivity index (χ2n) is 5.59. The lowest BCUT2D eigenvalue weighted by molar-refractivity contribution is -0.115. The molecular weight excluding hydrogens is 352 g/mol. The number of amides is 2. The van der Waals surface area contributed by atoms with Gasteiger partial charge in [0.05, 0.1) is 0 Å². The Morgan fingerprint density at radius 3 is 2.38 bits per heavy atom. The predicted molar refractivity (Wildman–Crippen MR) is 85.4 cm³/mol. The SMILES string of the molecule is O=C(Cc1ccc(F)cc1F)C1=CN(c2c(F)cccc2F)C(=O)NC1. The number of carbonyl (C=O) groups is 2. The number of hydrogen-bond acceptors (Lipinski definition) is 2. The van der Waals surface area contributed by atoms with Gasteiger partial charge in [-0.2, -0.15) is 0 Å². The molecule has 4 nitrogen and oxygen atoms in total. The molecule has 0 unspecified atom stereocenters. The molecule has 0 spiro atoms. The third kappa shape index (κ3) is 3.44. The molecule has 0 saturated heterocycles. The molecule has 0 fully saturated rings. The van der Waals surface area contributed by atoms with Crippen LogP contribution in [-0.4, -0.2) is 18.4 Å². The molecule has 2 aromatic rings. The van der Waals surface area contributed by atoms with Crippen LogP contribution in [-0.2, 0) is 11.2 Å². The lowest BCUT2D eigenvalue weighted by atomic mass is 10.0. The Hall–Kier alpha value is -3.16. The van der Waals surface area contributed by atoms with E-state index in [1.165, 1.54) is 0 Å². The van der Waals surface area contributed by atoms with E-state index in [-0.39, 0.29) is 24.1 Å². The van der Waals surface area contributed by atoms with Crippen molar-refractivity contribution in [1.29, 1.82) is 0 Å². The summed E-state index contributed by atoms with van der Waals surface area (Å²) < 4.78 is 54.5. The number of hydrogen-bond donors (Lipinski definition) is 1. The standard InChI is InChI=1S/C18H12F4N2O2/c19-12-5-4-10(15(22)7-12)6-16(25)11-8-23-18(26)24(9-11)17-13(20)2-1-3-14(17)21/h1-5,7,9H,6,8H2,(H,23,26). The maximum atomic E-state index is 13.9. The Morgan fingerprint density at radius 1 is 1.04 bits per heavy atom. The van der Waals surface area contributed by atoms with Crippen molar-refractivity contribution in [2.24, 2.45) is 0 Å². The molecule has 0 aliphatic carbocycles. The molecule has 0 bridgehead atoms. The van der Waals surface area contributed by atoms with Gasteiger partial charge in [0.15, 0.2) is 5.78 Å². The zero-order valence-corrected chi connectivity index (χ0v) is 13.2. The first kappa shape index (κ1) is 17.7. The normalized spacial score (nSPS) is 14.1. The summed E-state index contributed by atoms with van der Waals surface area (Å²) in [6, 6.07) is 5.10. The van der Waals surface area contributed by atoms with Crippen molar-refractivity contribution in [3.8, 4) is 0 Å². The molecule has 0 saturated carbocycles. The van der Waals surface area contributed by atoms with Crippen LogP contribution in [0.3, 0.4) is 0 Å². The number of anilines is 1. The number of nitrogens with one attached hydrogen (secondary N) is 1. The molecule has 2 amide bonds. The first-order valence-electron chi connectivity index (χ1n) is 7.55. The van der Waals surface area contributed by atoms with Gasteiger partial charge in [0, 0.05) is 30.8 Å². The van der Waals surface area contributed by atoms with Crippen LogP contribution in [0.5, 0.6) is 0 Å². The fraction of sp³-hybridized carbons (Fsp3) is 0.111. The number of Topliss-reactive ketones (excluding diaryl/α,β-unsaturated/α-hetero) is 1. The Balaban J connectivity index is 1.90. The van der Waals surface area contributed by atoms with Gasteiger partial charge in [-0.1, -0.05) is 12.1 Å². The van der Waals surface area contributed by atoms with Crippen LogP contribution < -0.4 is 10.2 Å². The van der Waals surface area contributed by atoms with Crippen molar-refractivity contribution in [2.45, 2.75) is 6.42 Å². The second-order valence-corrected chi connectivity index (χ2v) is 5.59. The van der Waals surface area contributed by atoms with E-state index in [1.807, 2.05) is 0 Å². The fourth-order valence-electron chi connectivity index (χ4n) is 2.52. The topological polar surface area (TPSA) is 49.4 Å². The van der Waals surface area contributed by atoms with E-state index >= 15 is 0 Å². The van der Waals surface area contributed by atoms with E-state index in [0.717, 1.165) is 36.5 Å². The van der Waals surface area contributed by atoms with E-state index in [1.54, 1.807) is 0 Å². The predicted octanol–water partition coefficient (Wildman–Crippen LogP) is 3.47. The molecule has 1 aliphatic rings. The van der Waals surface area contributed by atoms with Gasteiger partial charge >= 0.3 is 6.03 Å². The molecule has 0 radical (unpaired) electrons. The van der Waals surface area contributed by atoms with Crippen molar-refractivity contribution in [3.05, 3.63) is 77.0 Å². The third-order valence-corrected chi connectivity index (χ3v) is 3.84. The minimum Gasteiger partial charge on any atom is -0.333 e. The van der Waals surface area contributed by atoms with Crippen molar-refractivity contribution >= 4 is 17.5 Å². The number of benzene rings is 2. The highest BCUT2D eigenvalue weighted by Crippen LogP contribution is 2.26. The highest BCUT2D eigenvalue weighted by molar-refractivity contribution is 6.03. The number of para-hydroxylation sites is 1. The zero-order valence-electron chi connectivity index (χ0n) is 13.2. The summed E-state index contributed by atoms with van der Waals surface area (Å²) in [6.45, 7) is -0.174. The van der Waals surface area contributed by atoms with E-state index in [0.29, 0.717) is 11.0 Å². The molecule has 8 heteroatoms. The summed E-state index contributed by atoms with van der Waals surface area (Å²) in [5, 5.41) is 2.34. The van der Waals surface area contributed by atoms with Crippen LogP contribution in [0.4, 0.5) is 28.0 Å². The molecule has 3 rings (SSSR count). The highest BCUT2D eigenvalue weighted by Gasteiger charge is 2.27. The fourth-order valence-corrected chi connectivity index (χ4v) is 2.52. The molecule has 26 heavy (non-hydrogen) atoms. The van der Waals surface area contributed by atoms with Crippen LogP contribution in [0.1, 0.15) is 5.56 Å². The number of carbonyl (C=O) groups excluding carboxylic acids is 2. The van der Waals surface area contributed by atoms with Gasteiger partial charge in [0.2, 0.25) is 0 Å². The molecular formula is C18H12F4N2O2. The van der Waals surface area contributed by atoms with Gasteiger partial charge in [0.25, 0.3) is 0 Å². The summed E-state index contributed by atoms with van der Waals surface area (Å²) >= 11 is 0. The molecule has 0 atom stereocenters. The molecule has 2 aromatic carbocycles. The highest BCUT2D eigenvalue weighted by atomic mass is 19.1. The summed E-state index contributed by atoms with van der Waals surface area (Å²) in [4.78, 5) is 25.0. The largest absolute Gasteiger partial charge is 0.333 e. The van der Waals surface area contributed by atoms with Gasteiger partial charge in [-0.05, 0) is 23.8 Å². The molecule has 1 aliphatic heterocycles. The van der Waals surface area contributed by atoms with Gasteiger partial charge in [-0.15, -0.1) is 0 Å². The number of halogens is 4. The molecule has 1 N–H and O–H groups in total. The van der Waals surface area contributed by atoms with E-state index < -0.39 is 40.8 Å². The van der Waals surface area contributed by atoms with Gasteiger partial charge < -0.3 is 5.32 Å².